The van der Waals surface area contributed by atoms with E-state index in [0.717, 1.165) is 19.5 Å². The number of guanidine groups is 1. The van der Waals surface area contributed by atoms with E-state index < -0.39 is 0 Å². The molecule has 0 spiro atoms. The summed E-state index contributed by atoms with van der Waals surface area (Å²) in [5.41, 5.74) is 8.41. The van der Waals surface area contributed by atoms with E-state index in [1.54, 1.807) is 0 Å². The fourth-order valence-electron chi connectivity index (χ4n) is 2.79. The number of benzene rings is 1. The van der Waals surface area contributed by atoms with Gasteiger partial charge in [-0.2, -0.15) is 0 Å². The van der Waals surface area contributed by atoms with Crippen LogP contribution in [0.2, 0.25) is 0 Å². The minimum Gasteiger partial charge on any atom is -0.370 e. The number of nitrogens with one attached hydrogen (secondary N) is 1. The van der Waals surface area contributed by atoms with Crippen LogP contribution in [-0.2, 0) is 13.1 Å². The molecule has 1 aliphatic heterocycles. The maximum Gasteiger partial charge on any atom is 0.188 e. The Kier molecular flexibility index (Phi) is 7.23. The quantitative estimate of drug-likeness (QED) is 0.627. The van der Waals surface area contributed by atoms with E-state index in [4.69, 9.17) is 5.73 Å². The average Bonchev–Trinajstić information content (AvgIpc) is 2.81. The molecule has 0 atom stereocenters. The molecular formula is C18H30N4. The van der Waals surface area contributed by atoms with Crippen molar-refractivity contribution in [3.8, 4) is 0 Å². The highest BCUT2D eigenvalue weighted by Gasteiger charge is 2.09. The predicted molar refractivity (Wildman–Crippen MR) is 93.8 cm³/mol. The number of aliphatic imine (C=N–C) groups is 1. The Hall–Kier alpha value is -1.55. The first-order chi connectivity index (χ1) is 10.8. The fraction of sp³-hybridized carbons (Fsp3) is 0.611. The van der Waals surface area contributed by atoms with Crippen LogP contribution < -0.4 is 11.1 Å². The minimum absolute atomic E-state index is 0.537. The van der Waals surface area contributed by atoms with Gasteiger partial charge in [-0.05, 0) is 43.5 Å². The molecule has 4 heteroatoms. The molecule has 4 nitrogen and oxygen atoms in total. The molecule has 1 aromatic carbocycles. The molecule has 0 aliphatic carbocycles. The van der Waals surface area contributed by atoms with E-state index in [9.17, 15) is 0 Å². The van der Waals surface area contributed by atoms with Gasteiger partial charge in [0.05, 0.1) is 6.54 Å². The zero-order valence-corrected chi connectivity index (χ0v) is 13.9. The van der Waals surface area contributed by atoms with Crippen molar-refractivity contribution in [1.82, 2.24) is 10.2 Å². The molecule has 1 fully saturated rings. The van der Waals surface area contributed by atoms with Crippen molar-refractivity contribution in [3.05, 3.63) is 35.4 Å². The maximum absolute atomic E-state index is 5.81. The van der Waals surface area contributed by atoms with Crippen molar-refractivity contribution in [2.24, 2.45) is 10.7 Å². The van der Waals surface area contributed by atoms with Crippen LogP contribution in [0.25, 0.3) is 0 Å². The van der Waals surface area contributed by atoms with Crippen molar-refractivity contribution >= 4 is 5.96 Å². The van der Waals surface area contributed by atoms with Crippen LogP contribution in [0.15, 0.2) is 29.3 Å². The van der Waals surface area contributed by atoms with Gasteiger partial charge in [0.15, 0.2) is 5.96 Å². The van der Waals surface area contributed by atoms with Crippen LogP contribution in [0.4, 0.5) is 0 Å². The number of hydrogen-bond acceptors (Lipinski definition) is 2. The Labute approximate surface area is 134 Å². The highest BCUT2D eigenvalue weighted by atomic mass is 15.1. The van der Waals surface area contributed by atoms with Crippen molar-refractivity contribution in [1.29, 1.82) is 0 Å². The average molecular weight is 302 g/mol. The topological polar surface area (TPSA) is 53.6 Å². The van der Waals surface area contributed by atoms with Crippen LogP contribution >= 0.6 is 0 Å². The second-order valence-electron chi connectivity index (χ2n) is 6.14. The summed E-state index contributed by atoms with van der Waals surface area (Å²) in [6, 6.07) is 8.80. The molecule has 1 heterocycles. The van der Waals surface area contributed by atoms with Gasteiger partial charge in [-0.25, -0.2) is 4.99 Å². The van der Waals surface area contributed by atoms with Gasteiger partial charge in [-0.1, -0.05) is 44.0 Å². The second-order valence-corrected chi connectivity index (χ2v) is 6.14. The predicted octanol–water partition coefficient (Wildman–Crippen LogP) is 2.88. The van der Waals surface area contributed by atoms with E-state index in [1.165, 1.54) is 49.9 Å². The molecule has 2 rings (SSSR count). The molecule has 0 bridgehead atoms. The van der Waals surface area contributed by atoms with Gasteiger partial charge >= 0.3 is 0 Å². The lowest BCUT2D eigenvalue weighted by molar-refractivity contribution is 0.277. The van der Waals surface area contributed by atoms with Crippen LogP contribution in [-0.4, -0.2) is 30.5 Å². The first kappa shape index (κ1) is 16.8. The van der Waals surface area contributed by atoms with Gasteiger partial charge in [0.2, 0.25) is 0 Å². The summed E-state index contributed by atoms with van der Waals surface area (Å²) < 4.78 is 0. The zero-order chi connectivity index (χ0) is 15.6. The Bertz CT molecular complexity index is 445. The fourth-order valence-corrected chi connectivity index (χ4v) is 2.79. The smallest absolute Gasteiger partial charge is 0.188 e. The summed E-state index contributed by atoms with van der Waals surface area (Å²) in [5.74, 6) is 0.537. The minimum atomic E-state index is 0.537. The lowest BCUT2D eigenvalue weighted by Crippen LogP contribution is -2.32. The number of hydrogen-bond donors (Lipinski definition) is 2. The van der Waals surface area contributed by atoms with E-state index in [1.807, 2.05) is 0 Å². The summed E-state index contributed by atoms with van der Waals surface area (Å²) in [5, 5.41) is 3.10. The molecule has 1 aromatic rings. The first-order valence-corrected chi connectivity index (χ1v) is 8.62. The Morgan fingerprint density at radius 3 is 2.36 bits per heavy atom. The van der Waals surface area contributed by atoms with E-state index in [2.05, 4.69) is 46.4 Å². The third-order valence-electron chi connectivity index (χ3n) is 4.12. The normalized spacial score (nSPS) is 17.2. The molecule has 0 saturated carbocycles. The molecule has 1 saturated heterocycles. The van der Waals surface area contributed by atoms with Crippen LogP contribution in [0.1, 0.15) is 50.2 Å². The number of rotatable bonds is 6. The maximum atomic E-state index is 5.81. The van der Waals surface area contributed by atoms with Crippen LogP contribution in [0, 0.1) is 0 Å². The molecule has 0 radical (unpaired) electrons. The Balaban J connectivity index is 1.81. The highest BCUT2D eigenvalue weighted by molar-refractivity contribution is 5.77. The van der Waals surface area contributed by atoms with E-state index >= 15 is 0 Å². The van der Waals surface area contributed by atoms with Gasteiger partial charge in [-0.3, -0.25) is 4.90 Å². The molecule has 0 aromatic heterocycles. The summed E-state index contributed by atoms with van der Waals surface area (Å²) in [6.07, 6.45) is 6.52. The van der Waals surface area contributed by atoms with Gasteiger partial charge < -0.3 is 11.1 Å². The lowest BCUT2D eigenvalue weighted by Gasteiger charge is -2.19. The van der Waals surface area contributed by atoms with Crippen LogP contribution in [0.3, 0.4) is 0 Å². The largest absolute Gasteiger partial charge is 0.370 e. The number of nitrogens with two attached hydrogens (primary N) is 1. The lowest BCUT2D eigenvalue weighted by atomic mass is 10.1. The van der Waals surface area contributed by atoms with Crippen molar-refractivity contribution in [3.63, 3.8) is 0 Å². The van der Waals surface area contributed by atoms with Crippen molar-refractivity contribution in [2.75, 3.05) is 19.6 Å². The van der Waals surface area contributed by atoms with Crippen molar-refractivity contribution < 1.29 is 0 Å². The SMILES string of the molecule is CCCNC(N)=NCc1ccc(CN2CCCCCC2)cc1. The number of nitrogens with zero attached hydrogens (tertiary/aromatic N) is 2. The Morgan fingerprint density at radius 2 is 1.73 bits per heavy atom. The molecule has 0 unspecified atom stereocenters. The monoisotopic (exact) mass is 302 g/mol. The summed E-state index contributed by atoms with van der Waals surface area (Å²) in [6.45, 7) is 7.20. The standard InChI is InChI=1S/C18H30N4/c1-2-11-20-18(19)21-14-16-7-9-17(10-8-16)15-22-12-5-3-4-6-13-22/h7-10H,2-6,11-15H2,1H3,(H3,19,20,21). The Morgan fingerprint density at radius 1 is 1.09 bits per heavy atom. The third kappa shape index (κ3) is 6.06. The molecule has 1 aliphatic rings. The molecule has 3 N–H and O–H groups in total. The third-order valence-corrected chi connectivity index (χ3v) is 4.12. The zero-order valence-electron chi connectivity index (χ0n) is 13.9. The highest BCUT2D eigenvalue weighted by Crippen LogP contribution is 2.14. The molecule has 22 heavy (non-hydrogen) atoms. The number of likely N-dealkylation sites (tertiary alicyclic amines) is 1. The summed E-state index contributed by atoms with van der Waals surface area (Å²) in [7, 11) is 0. The molecular weight excluding hydrogens is 272 g/mol. The van der Waals surface area contributed by atoms with Gasteiger partial charge in [-0.15, -0.1) is 0 Å². The van der Waals surface area contributed by atoms with Gasteiger partial charge in [0.25, 0.3) is 0 Å². The van der Waals surface area contributed by atoms with Crippen molar-refractivity contribution in [2.45, 2.75) is 52.1 Å². The molecule has 0 amide bonds. The first-order valence-electron chi connectivity index (χ1n) is 8.62. The second kappa shape index (κ2) is 9.46. The summed E-state index contributed by atoms with van der Waals surface area (Å²) in [4.78, 5) is 6.94. The molecule has 122 valence electrons. The van der Waals surface area contributed by atoms with Crippen LogP contribution in [0.5, 0.6) is 0 Å². The summed E-state index contributed by atoms with van der Waals surface area (Å²) >= 11 is 0. The van der Waals surface area contributed by atoms with Gasteiger partial charge in [0, 0.05) is 13.1 Å². The van der Waals surface area contributed by atoms with Gasteiger partial charge in [0.1, 0.15) is 0 Å². The van der Waals surface area contributed by atoms with E-state index in [0.29, 0.717) is 12.5 Å². The van der Waals surface area contributed by atoms with E-state index in [-0.39, 0.29) is 0 Å².